The third-order valence-corrected chi connectivity index (χ3v) is 1.90. The van der Waals surface area contributed by atoms with Gasteiger partial charge in [-0.2, -0.15) is 0 Å². The molecule has 1 radical (unpaired) electrons. The molecule has 0 unspecified atom stereocenters. The molecule has 0 aromatic carbocycles. The molecule has 1 heterocycles. The van der Waals surface area contributed by atoms with Crippen molar-refractivity contribution in [1.29, 1.82) is 0 Å². The Morgan fingerprint density at radius 3 is 3.10 bits per heavy atom. The van der Waals surface area contributed by atoms with E-state index >= 15 is 0 Å². The fraction of sp³-hybridized carbons (Fsp3) is 0.429. The van der Waals surface area contributed by atoms with Crippen molar-refractivity contribution in [2.45, 2.75) is 6.61 Å². The summed E-state index contributed by atoms with van der Waals surface area (Å²) in [6, 6.07) is 3.97. The number of rotatable bonds is 4. The minimum Gasteiger partial charge on any atom is -0.373 e. The average Bonchev–Trinajstić information content (AvgIpc) is 2.41. The molecular weight excluding hydrogens is 148 g/mol. The van der Waals surface area contributed by atoms with Gasteiger partial charge in [-0.1, -0.05) is 6.07 Å². The van der Waals surface area contributed by atoms with Crippen molar-refractivity contribution in [2.24, 2.45) is 0 Å². The molecule has 1 aromatic heterocycles. The van der Waals surface area contributed by atoms with Crippen LogP contribution in [0, 0.1) is 0 Å². The Bertz CT molecular complexity index is 160. The summed E-state index contributed by atoms with van der Waals surface area (Å²) >= 11 is 1.65. The molecule has 0 aliphatic carbocycles. The van der Waals surface area contributed by atoms with Crippen molar-refractivity contribution in [1.82, 2.24) is 0 Å². The third kappa shape index (κ3) is 2.47. The molecule has 3 heteroatoms. The highest BCUT2D eigenvalue weighted by atomic mass is 32.1. The van der Waals surface area contributed by atoms with Gasteiger partial charge in [0.25, 0.3) is 0 Å². The Morgan fingerprint density at radius 1 is 1.60 bits per heavy atom. The second kappa shape index (κ2) is 4.44. The summed E-state index contributed by atoms with van der Waals surface area (Å²) in [6.07, 6.45) is 0. The summed E-state index contributed by atoms with van der Waals surface area (Å²) in [6.45, 7) is 0.753. The predicted octanol–water partition coefficient (Wildman–Crippen LogP) is 1.70. The summed E-state index contributed by atoms with van der Waals surface area (Å²) < 4.78 is 5.03. The van der Waals surface area contributed by atoms with Crippen LogP contribution in [0.1, 0.15) is 4.88 Å². The van der Waals surface area contributed by atoms with Crippen LogP contribution in [0.2, 0.25) is 0 Å². The Labute approximate surface area is 64.1 Å². The van der Waals surface area contributed by atoms with Crippen LogP contribution >= 0.6 is 11.3 Å². The lowest BCUT2D eigenvalue weighted by molar-refractivity contribution is 0.0562. The summed E-state index contributed by atoms with van der Waals surface area (Å²) in [4.78, 5) is 1.17. The average molecular weight is 157 g/mol. The van der Waals surface area contributed by atoms with E-state index in [1.54, 1.807) is 11.3 Å². The molecule has 0 atom stereocenters. The molecule has 0 bridgehead atoms. The van der Waals surface area contributed by atoms with Crippen LogP contribution in [-0.2, 0) is 16.5 Å². The molecule has 2 nitrogen and oxygen atoms in total. The molecule has 0 fully saturated rings. The minimum atomic E-state index is -0.147. The van der Waals surface area contributed by atoms with Gasteiger partial charge in [0.15, 0.2) is 0 Å². The van der Waals surface area contributed by atoms with Gasteiger partial charge in [-0.3, -0.25) is 0 Å². The third-order valence-electron chi connectivity index (χ3n) is 1.05. The molecule has 0 saturated carbocycles. The van der Waals surface area contributed by atoms with Crippen LogP contribution in [0.5, 0.6) is 0 Å². The van der Waals surface area contributed by atoms with Crippen molar-refractivity contribution in [3.8, 4) is 0 Å². The largest absolute Gasteiger partial charge is 0.373 e. The van der Waals surface area contributed by atoms with Gasteiger partial charge in [-0.15, -0.1) is 11.3 Å². The Hall–Kier alpha value is -0.380. The molecule has 0 spiro atoms. The molecular formula is C7H9O2S. The molecule has 0 aliphatic rings. The van der Waals surface area contributed by atoms with Crippen molar-refractivity contribution in [3.05, 3.63) is 22.4 Å². The fourth-order valence-corrected chi connectivity index (χ4v) is 1.27. The number of thiophene rings is 1. The van der Waals surface area contributed by atoms with Crippen LogP contribution in [0.3, 0.4) is 0 Å². The van der Waals surface area contributed by atoms with E-state index < -0.39 is 0 Å². The van der Waals surface area contributed by atoms with E-state index in [0.29, 0.717) is 13.2 Å². The molecule has 1 rings (SSSR count). The van der Waals surface area contributed by atoms with E-state index in [2.05, 4.69) is 0 Å². The Balaban J connectivity index is 2.15. The summed E-state index contributed by atoms with van der Waals surface area (Å²) in [5, 5.41) is 11.9. The molecule has 0 amide bonds. The first-order valence-electron chi connectivity index (χ1n) is 3.11. The van der Waals surface area contributed by atoms with Crippen LogP contribution in [0.4, 0.5) is 0 Å². The second-order valence-electron chi connectivity index (χ2n) is 1.84. The molecule has 1 aromatic rings. The molecule has 10 heavy (non-hydrogen) atoms. The number of hydrogen-bond acceptors (Lipinski definition) is 2. The molecule has 0 saturated heterocycles. The van der Waals surface area contributed by atoms with Crippen LogP contribution in [0.15, 0.2) is 17.5 Å². The summed E-state index contributed by atoms with van der Waals surface area (Å²) in [7, 11) is 0. The van der Waals surface area contributed by atoms with Crippen LogP contribution in [0.25, 0.3) is 0 Å². The lowest BCUT2D eigenvalue weighted by atomic mass is 10.5. The molecule has 55 valence electrons. The van der Waals surface area contributed by atoms with E-state index in [9.17, 15) is 5.11 Å². The maximum Gasteiger partial charge on any atom is 0.106 e. The Morgan fingerprint density at radius 2 is 2.50 bits per heavy atom. The first kappa shape index (κ1) is 7.72. The zero-order valence-electron chi connectivity index (χ0n) is 5.58. The standard InChI is InChI=1S/C7H9O2S/c8-3-4-9-6-7-2-1-5-10-7/h1-2,5H,3-4,6H2. The SMILES string of the molecule is [O]CCOCc1cccs1. The van der Waals surface area contributed by atoms with Crippen molar-refractivity contribution < 1.29 is 9.84 Å². The van der Waals surface area contributed by atoms with Gasteiger partial charge in [0, 0.05) is 4.88 Å². The predicted molar refractivity (Wildman–Crippen MR) is 39.5 cm³/mol. The van der Waals surface area contributed by atoms with E-state index in [1.807, 2.05) is 17.5 Å². The van der Waals surface area contributed by atoms with E-state index in [1.165, 1.54) is 4.88 Å². The van der Waals surface area contributed by atoms with Gasteiger partial charge in [0.2, 0.25) is 0 Å². The highest BCUT2D eigenvalue weighted by Crippen LogP contribution is 2.08. The van der Waals surface area contributed by atoms with Crippen LogP contribution in [-0.4, -0.2) is 13.2 Å². The number of ether oxygens (including phenoxy) is 1. The lowest BCUT2D eigenvalue weighted by Gasteiger charge is -1.96. The van der Waals surface area contributed by atoms with Gasteiger partial charge in [-0.25, -0.2) is 5.11 Å². The first-order valence-corrected chi connectivity index (χ1v) is 3.99. The second-order valence-corrected chi connectivity index (χ2v) is 2.87. The van der Waals surface area contributed by atoms with Gasteiger partial charge in [-0.05, 0) is 11.4 Å². The Kier molecular flexibility index (Phi) is 3.43. The number of hydrogen-bond donors (Lipinski definition) is 0. The smallest absolute Gasteiger partial charge is 0.106 e. The van der Waals surface area contributed by atoms with Crippen LogP contribution < -0.4 is 0 Å². The van der Waals surface area contributed by atoms with Gasteiger partial charge in [0.1, 0.15) is 6.61 Å². The van der Waals surface area contributed by atoms with Gasteiger partial charge >= 0.3 is 0 Å². The highest BCUT2D eigenvalue weighted by Gasteiger charge is 1.91. The van der Waals surface area contributed by atoms with Crippen molar-refractivity contribution in [2.75, 3.05) is 13.2 Å². The quantitative estimate of drug-likeness (QED) is 0.611. The van der Waals surface area contributed by atoms with Crippen molar-refractivity contribution in [3.63, 3.8) is 0 Å². The van der Waals surface area contributed by atoms with Gasteiger partial charge < -0.3 is 4.74 Å². The first-order chi connectivity index (χ1) is 4.93. The minimum absolute atomic E-state index is 0.147. The molecule has 0 N–H and O–H groups in total. The normalized spacial score (nSPS) is 10.1. The monoisotopic (exact) mass is 157 g/mol. The summed E-state index contributed by atoms with van der Waals surface area (Å²) in [5.74, 6) is 0. The molecule has 0 aliphatic heterocycles. The maximum absolute atomic E-state index is 9.94. The van der Waals surface area contributed by atoms with Crippen molar-refractivity contribution >= 4 is 11.3 Å². The van der Waals surface area contributed by atoms with Gasteiger partial charge in [0.05, 0.1) is 13.2 Å². The zero-order chi connectivity index (χ0) is 7.23. The zero-order valence-corrected chi connectivity index (χ0v) is 6.39. The van der Waals surface area contributed by atoms with E-state index in [4.69, 9.17) is 4.74 Å². The fourth-order valence-electron chi connectivity index (χ4n) is 0.626. The van der Waals surface area contributed by atoms with E-state index in [0.717, 1.165) is 0 Å². The highest BCUT2D eigenvalue weighted by molar-refractivity contribution is 7.09. The lowest BCUT2D eigenvalue weighted by Crippen LogP contribution is -1.96. The summed E-state index contributed by atoms with van der Waals surface area (Å²) in [5.41, 5.74) is 0. The maximum atomic E-state index is 9.94. The topological polar surface area (TPSA) is 29.1 Å². The van der Waals surface area contributed by atoms with E-state index in [-0.39, 0.29) is 6.61 Å².